The maximum Gasteiger partial charge on any atom is 0.303 e. The van der Waals surface area contributed by atoms with E-state index in [4.69, 9.17) is 28.4 Å². The number of rotatable bonds is 7. The molecule has 0 amide bonds. The summed E-state index contributed by atoms with van der Waals surface area (Å²) in [5, 5.41) is 6.73. The van der Waals surface area contributed by atoms with Gasteiger partial charge in [-0.25, -0.2) is 4.68 Å². The molecule has 1 aliphatic heterocycles. The smallest absolute Gasteiger partial charge is 0.303 e. The highest BCUT2D eigenvalue weighted by Gasteiger charge is 2.53. The van der Waals surface area contributed by atoms with Crippen molar-refractivity contribution in [2.24, 2.45) is 0 Å². The molecule has 1 saturated heterocycles. The first-order chi connectivity index (χ1) is 20.1. The Bertz CT molecular complexity index is 1550. The highest BCUT2D eigenvalue weighted by atomic mass is 16.7. The van der Waals surface area contributed by atoms with E-state index in [-0.39, 0.29) is 6.61 Å². The minimum absolute atomic E-state index is 0.319. The third kappa shape index (κ3) is 5.67. The number of aromatic nitrogens is 2. The van der Waals surface area contributed by atoms with E-state index in [0.717, 1.165) is 45.3 Å². The van der Waals surface area contributed by atoms with Crippen molar-refractivity contribution in [3.8, 4) is 17.0 Å². The lowest BCUT2D eigenvalue weighted by molar-refractivity contribution is -0.270. The largest absolute Gasteiger partial charge is 0.497 e. The molecule has 42 heavy (non-hydrogen) atoms. The Morgan fingerprint density at radius 2 is 1.57 bits per heavy atom. The highest BCUT2D eigenvalue weighted by molar-refractivity contribution is 5.93. The van der Waals surface area contributed by atoms with Crippen LogP contribution in [0.15, 0.2) is 36.5 Å². The van der Waals surface area contributed by atoms with Crippen molar-refractivity contribution >= 4 is 34.6 Å². The van der Waals surface area contributed by atoms with Gasteiger partial charge in [-0.3, -0.25) is 19.2 Å². The monoisotopic (exact) mass is 580 g/mol. The summed E-state index contributed by atoms with van der Waals surface area (Å²) in [6.45, 7) is 4.49. The van der Waals surface area contributed by atoms with Gasteiger partial charge >= 0.3 is 23.9 Å². The van der Waals surface area contributed by atoms with E-state index < -0.39 is 54.5 Å². The molecular formula is C30H32N2O10. The van der Waals surface area contributed by atoms with Gasteiger partial charge in [-0.05, 0) is 46.9 Å². The Hall–Kier alpha value is -4.45. The second-order valence-corrected chi connectivity index (χ2v) is 10.2. The molecule has 0 radical (unpaired) electrons. The van der Waals surface area contributed by atoms with Crippen LogP contribution in [0.3, 0.4) is 0 Å². The third-order valence-electron chi connectivity index (χ3n) is 7.32. The normalized spacial score (nSPS) is 22.8. The number of ether oxygens (including phenoxy) is 6. The second-order valence-electron chi connectivity index (χ2n) is 10.2. The molecule has 1 aromatic heterocycles. The molecule has 1 aliphatic carbocycles. The predicted molar refractivity (Wildman–Crippen MR) is 146 cm³/mol. The van der Waals surface area contributed by atoms with Gasteiger partial charge in [0.25, 0.3) is 0 Å². The Kier molecular flexibility index (Phi) is 8.17. The molecule has 12 heteroatoms. The summed E-state index contributed by atoms with van der Waals surface area (Å²) in [5.74, 6) is -1.90. The van der Waals surface area contributed by atoms with E-state index in [1.54, 1.807) is 18.0 Å². The van der Waals surface area contributed by atoms with Crippen molar-refractivity contribution in [1.29, 1.82) is 0 Å². The number of carbonyl (C=O) groups excluding carboxylic acids is 4. The van der Waals surface area contributed by atoms with E-state index in [1.807, 2.05) is 30.3 Å². The lowest BCUT2D eigenvalue weighted by Crippen LogP contribution is -2.60. The van der Waals surface area contributed by atoms with E-state index in [1.165, 1.54) is 27.7 Å². The van der Waals surface area contributed by atoms with Crippen LogP contribution in [0.2, 0.25) is 0 Å². The molecule has 2 aromatic carbocycles. The van der Waals surface area contributed by atoms with Gasteiger partial charge in [0, 0.05) is 33.3 Å². The predicted octanol–water partition coefficient (Wildman–Crippen LogP) is 3.07. The molecule has 1 fully saturated rings. The minimum atomic E-state index is -1.29. The van der Waals surface area contributed by atoms with Gasteiger partial charge in [-0.1, -0.05) is 18.2 Å². The Labute approximate surface area is 241 Å². The van der Waals surface area contributed by atoms with Gasteiger partial charge in [0.05, 0.1) is 19.0 Å². The van der Waals surface area contributed by atoms with Crippen molar-refractivity contribution in [2.45, 2.75) is 71.2 Å². The maximum atomic E-state index is 12.3. The molecule has 222 valence electrons. The minimum Gasteiger partial charge on any atom is -0.497 e. The number of fused-ring (bicyclic) bond motifs is 5. The summed E-state index contributed by atoms with van der Waals surface area (Å²) in [4.78, 5) is 48.4. The quantitative estimate of drug-likeness (QED) is 0.301. The van der Waals surface area contributed by atoms with Gasteiger partial charge in [0.1, 0.15) is 18.5 Å². The maximum absolute atomic E-state index is 12.3. The number of hydrogen-bond donors (Lipinski definition) is 0. The molecule has 0 bridgehead atoms. The van der Waals surface area contributed by atoms with Crippen LogP contribution in [0.5, 0.6) is 5.75 Å². The van der Waals surface area contributed by atoms with Crippen LogP contribution >= 0.6 is 0 Å². The van der Waals surface area contributed by atoms with Crippen LogP contribution < -0.4 is 4.74 Å². The Balaban J connectivity index is 1.64. The fraction of sp³-hybridized carbons (Fsp3) is 0.433. The first-order valence-corrected chi connectivity index (χ1v) is 13.5. The van der Waals surface area contributed by atoms with Crippen LogP contribution in [-0.4, -0.2) is 71.8 Å². The zero-order chi connectivity index (χ0) is 30.1. The van der Waals surface area contributed by atoms with Crippen molar-refractivity contribution in [2.75, 3.05) is 13.7 Å². The van der Waals surface area contributed by atoms with E-state index >= 15 is 0 Å². The zero-order valence-electron chi connectivity index (χ0n) is 23.9. The number of benzene rings is 2. The summed E-state index contributed by atoms with van der Waals surface area (Å²) < 4.78 is 35.4. The van der Waals surface area contributed by atoms with Crippen molar-refractivity contribution < 1.29 is 47.6 Å². The SMILES string of the molecule is COc1ccc2c3c(ccc2c1)-c1c(cnn1[C@@H]1O[C@H](COC(C)=O)[C@@H](OC(C)=O)[C@H](OC(C)=O)[C@H]1OC(C)=O)CC3. The number of hydrogen-bond acceptors (Lipinski definition) is 11. The number of nitrogens with zero attached hydrogens (tertiary/aromatic N) is 2. The van der Waals surface area contributed by atoms with Crippen LogP contribution in [0.25, 0.3) is 22.0 Å². The molecule has 0 unspecified atom stereocenters. The first-order valence-electron chi connectivity index (χ1n) is 13.5. The summed E-state index contributed by atoms with van der Waals surface area (Å²) >= 11 is 0. The van der Waals surface area contributed by atoms with Gasteiger partial charge in [0.15, 0.2) is 24.5 Å². The third-order valence-corrected chi connectivity index (χ3v) is 7.32. The number of esters is 4. The molecule has 2 heterocycles. The van der Waals surface area contributed by atoms with Crippen molar-refractivity contribution in [3.05, 3.63) is 47.7 Å². The molecule has 2 aliphatic rings. The molecule has 12 nitrogen and oxygen atoms in total. The average Bonchev–Trinajstić information content (AvgIpc) is 3.37. The summed E-state index contributed by atoms with van der Waals surface area (Å²) in [5.41, 5.74) is 3.72. The summed E-state index contributed by atoms with van der Waals surface area (Å²) in [6, 6.07) is 9.90. The number of methoxy groups -OCH3 is 1. The van der Waals surface area contributed by atoms with Crippen molar-refractivity contribution in [1.82, 2.24) is 9.78 Å². The van der Waals surface area contributed by atoms with E-state index in [9.17, 15) is 19.2 Å². The fourth-order valence-corrected chi connectivity index (χ4v) is 5.72. The molecule has 0 saturated carbocycles. The molecular weight excluding hydrogens is 548 g/mol. The number of carbonyl (C=O) groups is 4. The van der Waals surface area contributed by atoms with E-state index in [0.29, 0.717) is 6.42 Å². The van der Waals surface area contributed by atoms with E-state index in [2.05, 4.69) is 5.10 Å². The van der Waals surface area contributed by atoms with Crippen LogP contribution in [0.4, 0.5) is 0 Å². The lowest BCUT2D eigenvalue weighted by atomic mass is 9.86. The first kappa shape index (κ1) is 29.1. The molecule has 5 rings (SSSR count). The summed E-state index contributed by atoms with van der Waals surface area (Å²) in [6.07, 6.45) is -2.81. The van der Waals surface area contributed by atoms with Crippen LogP contribution in [-0.2, 0) is 55.7 Å². The van der Waals surface area contributed by atoms with Gasteiger partial charge in [-0.15, -0.1) is 0 Å². The Morgan fingerprint density at radius 3 is 2.24 bits per heavy atom. The second kappa shape index (κ2) is 11.8. The van der Waals surface area contributed by atoms with Crippen molar-refractivity contribution in [3.63, 3.8) is 0 Å². The zero-order valence-corrected chi connectivity index (χ0v) is 23.9. The number of aryl methyl sites for hydroxylation is 2. The van der Waals surface area contributed by atoms with Crippen LogP contribution in [0, 0.1) is 0 Å². The standard InChI is InChI=1S/C30H32N2O10/c1-15(33)38-14-25-27(39-16(2)34)28(40-17(3)35)29(41-18(4)36)30(42-25)32-26-20(13-31-32)7-9-23-22-11-8-21(37-5)12-19(22)6-10-24(23)26/h6,8,10-13,25,27-30H,7,9,14H2,1-5H3/t25-,27-,28+,29-,30-/m1/s1. The van der Waals surface area contributed by atoms with Gasteiger partial charge in [-0.2, -0.15) is 5.10 Å². The highest BCUT2D eigenvalue weighted by Crippen LogP contribution is 2.42. The van der Waals surface area contributed by atoms with Gasteiger partial charge < -0.3 is 28.4 Å². The molecule has 0 N–H and O–H groups in total. The summed E-state index contributed by atoms with van der Waals surface area (Å²) in [7, 11) is 1.62. The fourth-order valence-electron chi connectivity index (χ4n) is 5.72. The average molecular weight is 581 g/mol. The molecule has 3 aromatic rings. The molecule has 0 spiro atoms. The lowest BCUT2D eigenvalue weighted by Gasteiger charge is -2.44. The van der Waals surface area contributed by atoms with Gasteiger partial charge in [0.2, 0.25) is 0 Å². The Morgan fingerprint density at radius 1 is 0.881 bits per heavy atom. The van der Waals surface area contributed by atoms with Crippen LogP contribution in [0.1, 0.15) is 45.0 Å². The molecule has 5 atom stereocenters. The topological polar surface area (TPSA) is 141 Å².